The van der Waals surface area contributed by atoms with Gasteiger partial charge in [0, 0.05) is 0 Å². The zero-order valence-corrected chi connectivity index (χ0v) is 9.15. The van der Waals surface area contributed by atoms with E-state index in [0.29, 0.717) is 0 Å². The maximum absolute atomic E-state index is 13.6. The van der Waals surface area contributed by atoms with Gasteiger partial charge in [0.25, 0.3) is 0 Å². The van der Waals surface area contributed by atoms with Crippen LogP contribution in [-0.4, -0.2) is 6.17 Å². The highest BCUT2D eigenvalue weighted by Crippen LogP contribution is 2.33. The van der Waals surface area contributed by atoms with Crippen LogP contribution in [0.3, 0.4) is 0 Å². The van der Waals surface area contributed by atoms with Crippen LogP contribution >= 0.6 is 0 Å². The Morgan fingerprint density at radius 3 is 2.08 bits per heavy atom. The molecule has 0 spiro atoms. The van der Waals surface area contributed by atoms with Gasteiger partial charge in [0.15, 0.2) is 0 Å². The maximum atomic E-state index is 13.6. The predicted molar refractivity (Wildman–Crippen MR) is 53.0 cm³/mol. The minimum atomic E-state index is -0.663. The van der Waals surface area contributed by atoms with E-state index in [1.54, 1.807) is 0 Å². The van der Waals surface area contributed by atoms with Gasteiger partial charge in [-0.3, -0.25) is 0 Å². The van der Waals surface area contributed by atoms with Crippen LogP contribution in [0.5, 0.6) is 0 Å². The first-order valence-corrected chi connectivity index (χ1v) is 5.06. The number of hydrogen-bond donors (Lipinski definition) is 0. The largest absolute Gasteiger partial charge is 0.247 e. The summed E-state index contributed by atoms with van der Waals surface area (Å²) in [6, 6.07) is 0. The summed E-state index contributed by atoms with van der Waals surface area (Å²) in [6.07, 6.45) is 2.64. The summed E-state index contributed by atoms with van der Waals surface area (Å²) in [4.78, 5) is 0. The minimum absolute atomic E-state index is 0.135. The fourth-order valence-corrected chi connectivity index (χ4v) is 1.67. The third-order valence-corrected chi connectivity index (χ3v) is 2.51. The molecule has 0 N–H and O–H groups in total. The van der Waals surface area contributed by atoms with Crippen molar-refractivity contribution in [1.29, 1.82) is 0 Å². The Kier molecular flexibility index (Phi) is 4.81. The number of alkyl halides is 1. The molecule has 0 nitrogen and oxygen atoms in total. The average molecular weight is 174 g/mol. The first-order chi connectivity index (χ1) is 5.41. The van der Waals surface area contributed by atoms with E-state index in [9.17, 15) is 4.39 Å². The summed E-state index contributed by atoms with van der Waals surface area (Å²) in [5, 5.41) is 0. The van der Waals surface area contributed by atoms with Crippen molar-refractivity contribution >= 4 is 0 Å². The number of hydrogen-bond acceptors (Lipinski definition) is 0. The van der Waals surface area contributed by atoms with Crippen molar-refractivity contribution in [3.63, 3.8) is 0 Å². The van der Waals surface area contributed by atoms with Crippen LogP contribution in [0.2, 0.25) is 0 Å². The Balaban J connectivity index is 3.99. The lowest BCUT2D eigenvalue weighted by Gasteiger charge is -2.31. The smallest absolute Gasteiger partial charge is 0.107 e. The van der Waals surface area contributed by atoms with E-state index >= 15 is 0 Å². The van der Waals surface area contributed by atoms with Gasteiger partial charge in [-0.15, -0.1) is 0 Å². The van der Waals surface area contributed by atoms with Gasteiger partial charge in [-0.1, -0.05) is 47.5 Å². The molecule has 0 aromatic rings. The highest BCUT2D eigenvalue weighted by atomic mass is 19.1. The molecule has 0 aliphatic carbocycles. The van der Waals surface area contributed by atoms with Gasteiger partial charge in [0.2, 0.25) is 0 Å². The molecule has 0 aliphatic heterocycles. The highest BCUT2D eigenvalue weighted by molar-refractivity contribution is 4.80. The Hall–Kier alpha value is -0.0700. The van der Waals surface area contributed by atoms with Crippen LogP contribution in [0.15, 0.2) is 0 Å². The van der Waals surface area contributed by atoms with E-state index in [-0.39, 0.29) is 11.3 Å². The molecular weight excluding hydrogens is 151 g/mol. The Labute approximate surface area is 76.6 Å². The topological polar surface area (TPSA) is 0 Å². The first-order valence-electron chi connectivity index (χ1n) is 5.06. The molecule has 1 atom stereocenters. The van der Waals surface area contributed by atoms with Gasteiger partial charge in [-0.05, 0) is 17.8 Å². The van der Waals surface area contributed by atoms with Crippen molar-refractivity contribution in [2.75, 3.05) is 0 Å². The lowest BCUT2D eigenvalue weighted by Crippen LogP contribution is -2.29. The summed E-state index contributed by atoms with van der Waals surface area (Å²) >= 11 is 0. The Bertz CT molecular complexity index is 116. The summed E-state index contributed by atoms with van der Waals surface area (Å²) in [5.74, 6) is 0.150. The first kappa shape index (κ1) is 11.9. The molecule has 0 aliphatic rings. The SMILES string of the molecule is CCCCC(C)(C)C(F)C(C)C. The summed E-state index contributed by atoms with van der Waals surface area (Å²) in [7, 11) is 0. The molecule has 0 saturated carbocycles. The van der Waals surface area contributed by atoms with Crippen LogP contribution in [0, 0.1) is 11.3 Å². The van der Waals surface area contributed by atoms with Gasteiger partial charge >= 0.3 is 0 Å². The molecule has 0 radical (unpaired) electrons. The van der Waals surface area contributed by atoms with E-state index in [4.69, 9.17) is 0 Å². The second-order valence-electron chi connectivity index (χ2n) is 4.74. The van der Waals surface area contributed by atoms with Gasteiger partial charge in [0.1, 0.15) is 6.17 Å². The van der Waals surface area contributed by atoms with Crippen molar-refractivity contribution in [2.45, 2.75) is 60.1 Å². The van der Waals surface area contributed by atoms with E-state index in [0.717, 1.165) is 19.3 Å². The molecule has 0 saturated heterocycles. The second-order valence-corrected chi connectivity index (χ2v) is 4.74. The zero-order chi connectivity index (χ0) is 9.78. The second kappa shape index (κ2) is 4.84. The van der Waals surface area contributed by atoms with Crippen LogP contribution in [0.1, 0.15) is 53.9 Å². The van der Waals surface area contributed by atoms with E-state index in [1.165, 1.54) is 0 Å². The fraction of sp³-hybridized carbons (Fsp3) is 1.00. The standard InChI is InChI=1S/C11H23F/c1-6-7-8-11(4,5)10(12)9(2)3/h9-10H,6-8H2,1-5H3. The lowest BCUT2D eigenvalue weighted by atomic mass is 9.78. The number of halogens is 1. The molecule has 0 fully saturated rings. The van der Waals surface area contributed by atoms with Crippen molar-refractivity contribution < 1.29 is 4.39 Å². The molecular formula is C11H23F. The highest BCUT2D eigenvalue weighted by Gasteiger charge is 2.30. The molecule has 1 heteroatoms. The normalized spacial score (nSPS) is 15.2. The molecule has 74 valence electrons. The lowest BCUT2D eigenvalue weighted by molar-refractivity contribution is 0.0872. The van der Waals surface area contributed by atoms with Gasteiger partial charge in [0.05, 0.1) is 0 Å². The van der Waals surface area contributed by atoms with Gasteiger partial charge in [-0.2, -0.15) is 0 Å². The molecule has 0 amide bonds. The van der Waals surface area contributed by atoms with Crippen molar-refractivity contribution in [2.24, 2.45) is 11.3 Å². The van der Waals surface area contributed by atoms with Crippen LogP contribution in [0.25, 0.3) is 0 Å². The molecule has 0 heterocycles. The third kappa shape index (κ3) is 3.55. The van der Waals surface area contributed by atoms with Crippen molar-refractivity contribution in [1.82, 2.24) is 0 Å². The van der Waals surface area contributed by atoms with Crippen LogP contribution in [0.4, 0.5) is 4.39 Å². The van der Waals surface area contributed by atoms with Crippen LogP contribution < -0.4 is 0 Å². The number of unbranched alkanes of at least 4 members (excludes halogenated alkanes) is 1. The van der Waals surface area contributed by atoms with E-state index in [1.807, 2.05) is 27.7 Å². The van der Waals surface area contributed by atoms with Gasteiger partial charge < -0.3 is 0 Å². The average Bonchev–Trinajstić information content (AvgIpc) is 1.99. The maximum Gasteiger partial charge on any atom is 0.107 e. The minimum Gasteiger partial charge on any atom is -0.247 e. The monoisotopic (exact) mass is 174 g/mol. The third-order valence-electron chi connectivity index (χ3n) is 2.51. The van der Waals surface area contributed by atoms with E-state index in [2.05, 4.69) is 6.92 Å². The van der Waals surface area contributed by atoms with Crippen LogP contribution in [-0.2, 0) is 0 Å². The number of rotatable bonds is 5. The molecule has 0 bridgehead atoms. The van der Waals surface area contributed by atoms with Crippen molar-refractivity contribution in [3.05, 3.63) is 0 Å². The molecule has 0 rings (SSSR count). The quantitative estimate of drug-likeness (QED) is 0.586. The summed E-state index contributed by atoms with van der Waals surface area (Å²) in [5.41, 5.74) is -0.135. The molecule has 1 unspecified atom stereocenters. The van der Waals surface area contributed by atoms with E-state index < -0.39 is 6.17 Å². The molecule has 0 aromatic carbocycles. The summed E-state index contributed by atoms with van der Waals surface area (Å²) in [6.45, 7) is 10.1. The summed E-state index contributed by atoms with van der Waals surface area (Å²) < 4.78 is 13.6. The van der Waals surface area contributed by atoms with Gasteiger partial charge in [-0.25, -0.2) is 4.39 Å². The van der Waals surface area contributed by atoms with Crippen molar-refractivity contribution in [3.8, 4) is 0 Å². The molecule has 0 aromatic heterocycles. The zero-order valence-electron chi connectivity index (χ0n) is 9.15. The fourth-order valence-electron chi connectivity index (χ4n) is 1.67. The Morgan fingerprint density at radius 1 is 1.25 bits per heavy atom. The Morgan fingerprint density at radius 2 is 1.75 bits per heavy atom. The predicted octanol–water partition coefficient (Wildman–Crippen LogP) is 4.20. The molecule has 12 heavy (non-hydrogen) atoms.